The Labute approximate surface area is 235 Å². The number of aliphatic hydroxyl groups is 1. The quantitative estimate of drug-likeness (QED) is 0.165. The highest BCUT2D eigenvalue weighted by molar-refractivity contribution is 9.09. The molecule has 1 N–H and O–H groups in total. The maximum absolute atomic E-state index is 14.3. The lowest BCUT2D eigenvalue weighted by atomic mass is 9.71. The van der Waals surface area contributed by atoms with Gasteiger partial charge in [-0.1, -0.05) is 39.7 Å². The van der Waals surface area contributed by atoms with Crippen molar-refractivity contribution in [3.05, 3.63) is 54.6 Å². The normalized spacial score (nSPS) is 29.8. The molecule has 3 unspecified atom stereocenters. The molecule has 200 valence electrons. The SMILES string of the molecule is C=CCCCOC(=O)[C@H]1[C@@H]2SC3(CC2Br)C(C(=O)N(CC=C)c2ccc(Cl)cc2)N(CCCO)C(=O)[C@H]13. The fourth-order valence-electron chi connectivity index (χ4n) is 5.88. The monoisotopic (exact) mass is 610 g/mol. The first-order chi connectivity index (χ1) is 17.8. The lowest BCUT2D eigenvalue weighted by molar-refractivity contribution is -0.154. The molecule has 37 heavy (non-hydrogen) atoms. The van der Waals surface area contributed by atoms with Crippen LogP contribution in [0.3, 0.4) is 0 Å². The average molecular weight is 612 g/mol. The van der Waals surface area contributed by atoms with Crippen molar-refractivity contribution in [3.8, 4) is 0 Å². The number of likely N-dealkylation sites (tertiary alicyclic amines) is 1. The van der Waals surface area contributed by atoms with E-state index < -0.39 is 22.6 Å². The molecule has 3 aliphatic heterocycles. The Morgan fingerprint density at radius 2 is 2.00 bits per heavy atom. The first kappa shape index (κ1) is 28.2. The molecule has 2 amide bonds. The number of hydrogen-bond donors (Lipinski definition) is 1. The highest BCUT2D eigenvalue weighted by Crippen LogP contribution is 2.68. The summed E-state index contributed by atoms with van der Waals surface area (Å²) < 4.78 is 4.83. The molecule has 1 spiro atoms. The van der Waals surface area contributed by atoms with Crippen LogP contribution in [-0.2, 0) is 19.1 Å². The van der Waals surface area contributed by atoms with Crippen molar-refractivity contribution in [2.75, 3.05) is 31.2 Å². The molecule has 0 radical (unpaired) electrons. The minimum absolute atomic E-state index is 0.0382. The van der Waals surface area contributed by atoms with E-state index in [0.717, 1.165) is 6.42 Å². The smallest absolute Gasteiger partial charge is 0.310 e. The maximum atomic E-state index is 14.3. The van der Waals surface area contributed by atoms with E-state index in [0.29, 0.717) is 30.0 Å². The van der Waals surface area contributed by atoms with Gasteiger partial charge >= 0.3 is 5.97 Å². The number of ether oxygens (including phenoxy) is 1. The number of esters is 1. The molecule has 2 bridgehead atoms. The van der Waals surface area contributed by atoms with Gasteiger partial charge in [0.2, 0.25) is 5.91 Å². The summed E-state index contributed by atoms with van der Waals surface area (Å²) in [6.45, 7) is 8.15. The van der Waals surface area contributed by atoms with Crippen LogP contribution in [0.5, 0.6) is 0 Å². The second-order valence-corrected chi connectivity index (χ2v) is 12.7. The zero-order chi connectivity index (χ0) is 26.7. The van der Waals surface area contributed by atoms with Crippen molar-refractivity contribution in [1.29, 1.82) is 0 Å². The van der Waals surface area contributed by atoms with Gasteiger partial charge in [0.1, 0.15) is 6.04 Å². The molecule has 1 aromatic rings. The third-order valence-corrected chi connectivity index (χ3v) is 10.8. The number of nitrogens with zero attached hydrogens (tertiary/aromatic N) is 2. The average Bonchev–Trinajstić information content (AvgIpc) is 3.47. The van der Waals surface area contributed by atoms with Crippen molar-refractivity contribution in [2.45, 2.75) is 46.5 Å². The molecule has 1 aromatic carbocycles. The standard InChI is InChI=1S/C27H32BrClN2O5S/c1-3-5-6-15-36-26(35)20-21-24(33)31(13-7-14-32)23(27(21)16-19(28)22(20)37-27)25(34)30(12-4-2)18-10-8-17(29)9-11-18/h3-4,8-11,19-23,32H,1-2,5-7,12-16H2/t19?,20-,21+,22-,23?,27?/m1/s1. The number of alkyl halides is 1. The molecule has 0 aromatic heterocycles. The predicted molar refractivity (Wildman–Crippen MR) is 150 cm³/mol. The van der Waals surface area contributed by atoms with Gasteiger partial charge in [-0.15, -0.1) is 24.9 Å². The van der Waals surface area contributed by atoms with E-state index in [4.69, 9.17) is 16.3 Å². The molecule has 3 saturated heterocycles. The van der Waals surface area contributed by atoms with Crippen molar-refractivity contribution in [1.82, 2.24) is 4.90 Å². The number of unbranched alkanes of at least 4 members (excludes halogenated alkanes) is 1. The number of benzene rings is 1. The van der Waals surface area contributed by atoms with Crippen molar-refractivity contribution in [3.63, 3.8) is 0 Å². The van der Waals surface area contributed by atoms with Gasteiger partial charge in [0, 0.05) is 40.5 Å². The molecule has 7 nitrogen and oxygen atoms in total. The van der Waals surface area contributed by atoms with Gasteiger partial charge in [0.15, 0.2) is 0 Å². The molecule has 4 rings (SSSR count). The number of aliphatic hydroxyl groups excluding tert-OH is 1. The van der Waals surface area contributed by atoms with Crippen molar-refractivity contribution in [2.24, 2.45) is 11.8 Å². The third-order valence-electron chi connectivity index (χ3n) is 7.37. The molecule has 6 atom stereocenters. The number of carbonyl (C=O) groups excluding carboxylic acids is 3. The number of rotatable bonds is 12. The number of allylic oxidation sites excluding steroid dienone is 1. The van der Waals surface area contributed by atoms with Crippen LogP contribution in [0.4, 0.5) is 5.69 Å². The Morgan fingerprint density at radius 1 is 1.27 bits per heavy atom. The van der Waals surface area contributed by atoms with Crippen LogP contribution in [0.2, 0.25) is 5.02 Å². The molecule has 3 aliphatic rings. The Hall–Kier alpha value is -1.81. The first-order valence-electron chi connectivity index (χ1n) is 12.5. The van der Waals surface area contributed by atoms with Gasteiger partial charge in [-0.2, -0.15) is 0 Å². The summed E-state index contributed by atoms with van der Waals surface area (Å²) in [4.78, 5) is 44.7. The number of anilines is 1. The van der Waals surface area contributed by atoms with Gasteiger partial charge < -0.3 is 19.6 Å². The summed E-state index contributed by atoms with van der Waals surface area (Å²) in [5, 5.41) is 9.92. The molecule has 0 saturated carbocycles. The number of thioether (sulfide) groups is 1. The number of hydrogen-bond acceptors (Lipinski definition) is 6. The van der Waals surface area contributed by atoms with E-state index >= 15 is 0 Å². The summed E-state index contributed by atoms with van der Waals surface area (Å²) in [6.07, 6.45) is 5.74. The fraction of sp³-hybridized carbons (Fsp3) is 0.519. The summed E-state index contributed by atoms with van der Waals surface area (Å²) in [5.41, 5.74) is 0.648. The molecule has 0 aliphatic carbocycles. The zero-order valence-electron chi connectivity index (χ0n) is 20.6. The van der Waals surface area contributed by atoms with Crippen LogP contribution in [0, 0.1) is 11.8 Å². The largest absolute Gasteiger partial charge is 0.465 e. The summed E-state index contributed by atoms with van der Waals surface area (Å²) in [6, 6.07) is 6.18. The Kier molecular flexibility index (Phi) is 9.09. The highest BCUT2D eigenvalue weighted by Gasteiger charge is 2.76. The Bertz CT molecular complexity index is 1060. The van der Waals surface area contributed by atoms with E-state index in [2.05, 4.69) is 29.1 Å². The second kappa shape index (κ2) is 11.9. The topological polar surface area (TPSA) is 87.2 Å². The van der Waals surface area contributed by atoms with Gasteiger partial charge in [-0.25, -0.2) is 0 Å². The van der Waals surface area contributed by atoms with E-state index in [1.807, 2.05) is 0 Å². The molecular formula is C27H32BrClN2O5S. The minimum Gasteiger partial charge on any atom is -0.465 e. The zero-order valence-corrected chi connectivity index (χ0v) is 23.7. The van der Waals surface area contributed by atoms with Crippen LogP contribution < -0.4 is 4.90 Å². The second-order valence-electron chi connectivity index (χ2n) is 9.58. The van der Waals surface area contributed by atoms with Gasteiger partial charge in [0.05, 0.1) is 23.2 Å². The van der Waals surface area contributed by atoms with Gasteiger partial charge in [-0.3, -0.25) is 14.4 Å². The van der Waals surface area contributed by atoms with Crippen molar-refractivity contribution >= 4 is 62.8 Å². The summed E-state index contributed by atoms with van der Waals surface area (Å²) in [7, 11) is 0. The number of fused-ring (bicyclic) bond motifs is 1. The van der Waals surface area contributed by atoms with E-state index in [1.54, 1.807) is 58.0 Å². The Balaban J connectivity index is 1.71. The number of halogens is 2. The fourth-order valence-corrected chi connectivity index (χ4v) is 9.60. The van der Waals surface area contributed by atoms with E-state index in [-0.39, 0.29) is 54.2 Å². The van der Waals surface area contributed by atoms with Crippen LogP contribution in [-0.4, -0.2) is 75.0 Å². The lowest BCUT2D eigenvalue weighted by Gasteiger charge is -2.37. The van der Waals surface area contributed by atoms with Crippen LogP contribution in [0.15, 0.2) is 49.6 Å². The molecule has 3 fully saturated rings. The lowest BCUT2D eigenvalue weighted by Crippen LogP contribution is -2.55. The summed E-state index contributed by atoms with van der Waals surface area (Å²) in [5.74, 6) is -2.14. The van der Waals surface area contributed by atoms with Crippen LogP contribution in [0.1, 0.15) is 25.7 Å². The minimum atomic E-state index is -0.791. The number of amides is 2. The Morgan fingerprint density at radius 3 is 2.65 bits per heavy atom. The molecular weight excluding hydrogens is 580 g/mol. The van der Waals surface area contributed by atoms with E-state index in [9.17, 15) is 19.5 Å². The third kappa shape index (κ3) is 5.12. The van der Waals surface area contributed by atoms with Crippen LogP contribution >= 0.6 is 39.3 Å². The predicted octanol–water partition coefficient (Wildman–Crippen LogP) is 4.22. The van der Waals surface area contributed by atoms with E-state index in [1.165, 1.54) is 0 Å². The molecule has 10 heteroatoms. The summed E-state index contributed by atoms with van der Waals surface area (Å²) >= 11 is 11.4. The van der Waals surface area contributed by atoms with Gasteiger partial charge in [-0.05, 0) is 49.9 Å². The van der Waals surface area contributed by atoms with Gasteiger partial charge in [0.25, 0.3) is 5.91 Å². The first-order valence-corrected chi connectivity index (χ1v) is 14.7. The van der Waals surface area contributed by atoms with Crippen LogP contribution in [0.25, 0.3) is 0 Å². The number of carbonyl (C=O) groups is 3. The molecule has 3 heterocycles. The highest BCUT2D eigenvalue weighted by atomic mass is 79.9. The van der Waals surface area contributed by atoms with Crippen molar-refractivity contribution < 1.29 is 24.2 Å². The maximum Gasteiger partial charge on any atom is 0.310 e.